The molecule has 1 amide bonds. The van der Waals surface area contributed by atoms with Gasteiger partial charge >= 0.3 is 0 Å². The highest BCUT2D eigenvalue weighted by molar-refractivity contribution is 7.88. The van der Waals surface area contributed by atoms with Gasteiger partial charge in [0.15, 0.2) is 0 Å². The fraction of sp³-hybridized carbons (Fsp3) is 0.917. The standard InChI is InChI=1S/C12H26N2O3S/c1-5-7-9-13(3)12(15)11-14(10-8-6-2)18(4,16)17/h5-11H2,1-4H3. The van der Waals surface area contributed by atoms with Crippen molar-refractivity contribution >= 4 is 15.9 Å². The molecule has 0 N–H and O–H groups in total. The van der Waals surface area contributed by atoms with E-state index in [2.05, 4.69) is 6.92 Å². The average Bonchev–Trinajstić information content (AvgIpc) is 2.29. The summed E-state index contributed by atoms with van der Waals surface area (Å²) in [6.07, 6.45) is 4.80. The molecule has 0 bridgehead atoms. The minimum absolute atomic E-state index is 0.0426. The van der Waals surface area contributed by atoms with Crippen molar-refractivity contribution in [2.45, 2.75) is 39.5 Å². The molecule has 0 aromatic heterocycles. The van der Waals surface area contributed by atoms with Crippen LogP contribution in [0.2, 0.25) is 0 Å². The first kappa shape index (κ1) is 17.4. The number of likely N-dealkylation sites (N-methyl/N-ethyl adjacent to an activating group) is 1. The zero-order valence-corrected chi connectivity index (χ0v) is 12.8. The molecule has 0 saturated heterocycles. The first-order valence-corrected chi connectivity index (χ1v) is 8.36. The third kappa shape index (κ3) is 6.96. The number of carbonyl (C=O) groups excluding carboxylic acids is 1. The van der Waals surface area contributed by atoms with Gasteiger partial charge in [0.2, 0.25) is 15.9 Å². The molecule has 0 saturated carbocycles. The lowest BCUT2D eigenvalue weighted by atomic mass is 10.3. The van der Waals surface area contributed by atoms with Gasteiger partial charge in [-0.2, -0.15) is 4.31 Å². The predicted molar refractivity (Wildman–Crippen MR) is 73.9 cm³/mol. The Kier molecular flexibility index (Phi) is 8.18. The molecule has 0 spiro atoms. The van der Waals surface area contributed by atoms with Crippen LogP contribution in [0.3, 0.4) is 0 Å². The molecule has 0 aromatic carbocycles. The Labute approximate surface area is 111 Å². The zero-order chi connectivity index (χ0) is 14.2. The highest BCUT2D eigenvalue weighted by Crippen LogP contribution is 2.03. The van der Waals surface area contributed by atoms with Gasteiger partial charge in [-0.05, 0) is 12.8 Å². The van der Waals surface area contributed by atoms with Crippen molar-refractivity contribution in [1.82, 2.24) is 9.21 Å². The molecule has 0 unspecified atom stereocenters. The molecule has 0 rings (SSSR count). The monoisotopic (exact) mass is 278 g/mol. The van der Waals surface area contributed by atoms with Crippen LogP contribution in [0, 0.1) is 0 Å². The molecule has 5 nitrogen and oxygen atoms in total. The summed E-state index contributed by atoms with van der Waals surface area (Å²) >= 11 is 0. The molecule has 0 atom stereocenters. The summed E-state index contributed by atoms with van der Waals surface area (Å²) in [6, 6.07) is 0. The summed E-state index contributed by atoms with van der Waals surface area (Å²) in [7, 11) is -1.58. The SMILES string of the molecule is CCCCN(C)C(=O)CN(CCCC)S(C)(=O)=O. The second-order valence-electron chi connectivity index (χ2n) is 4.62. The van der Waals surface area contributed by atoms with E-state index in [0.717, 1.165) is 31.9 Å². The summed E-state index contributed by atoms with van der Waals surface area (Å²) in [6.45, 7) is 5.11. The Hall–Kier alpha value is -0.620. The highest BCUT2D eigenvalue weighted by atomic mass is 32.2. The summed E-state index contributed by atoms with van der Waals surface area (Å²) in [5, 5.41) is 0. The van der Waals surface area contributed by atoms with Crippen LogP contribution >= 0.6 is 0 Å². The van der Waals surface area contributed by atoms with Crippen molar-refractivity contribution < 1.29 is 13.2 Å². The number of sulfonamides is 1. The summed E-state index contributed by atoms with van der Waals surface area (Å²) in [5.41, 5.74) is 0. The average molecular weight is 278 g/mol. The lowest BCUT2D eigenvalue weighted by molar-refractivity contribution is -0.130. The molecular formula is C12H26N2O3S. The van der Waals surface area contributed by atoms with E-state index in [0.29, 0.717) is 13.1 Å². The second kappa shape index (κ2) is 8.48. The Balaban J connectivity index is 4.44. The Morgan fingerprint density at radius 3 is 2.00 bits per heavy atom. The Morgan fingerprint density at radius 1 is 1.06 bits per heavy atom. The van der Waals surface area contributed by atoms with E-state index in [1.54, 1.807) is 11.9 Å². The van der Waals surface area contributed by atoms with E-state index < -0.39 is 10.0 Å². The molecular weight excluding hydrogens is 252 g/mol. The minimum atomic E-state index is -3.30. The van der Waals surface area contributed by atoms with Gasteiger partial charge < -0.3 is 4.90 Å². The highest BCUT2D eigenvalue weighted by Gasteiger charge is 2.21. The van der Waals surface area contributed by atoms with Crippen LogP contribution in [0.5, 0.6) is 0 Å². The summed E-state index contributed by atoms with van der Waals surface area (Å²) < 4.78 is 24.4. The van der Waals surface area contributed by atoms with Gasteiger partial charge in [0.05, 0.1) is 12.8 Å². The van der Waals surface area contributed by atoms with Crippen molar-refractivity contribution in [3.05, 3.63) is 0 Å². The maximum Gasteiger partial charge on any atom is 0.237 e. The number of amides is 1. The Morgan fingerprint density at radius 2 is 1.56 bits per heavy atom. The topological polar surface area (TPSA) is 57.7 Å². The number of unbranched alkanes of at least 4 members (excludes halogenated alkanes) is 2. The quantitative estimate of drug-likeness (QED) is 0.639. The zero-order valence-electron chi connectivity index (χ0n) is 12.0. The van der Waals surface area contributed by atoms with Crippen LogP contribution in [0.15, 0.2) is 0 Å². The first-order chi connectivity index (χ1) is 8.32. The van der Waals surface area contributed by atoms with Crippen LogP contribution in [0.4, 0.5) is 0 Å². The number of rotatable bonds is 9. The molecule has 0 heterocycles. The van der Waals surface area contributed by atoms with Crippen molar-refractivity contribution in [2.24, 2.45) is 0 Å². The van der Waals surface area contributed by atoms with Crippen molar-refractivity contribution in [3.8, 4) is 0 Å². The second-order valence-corrected chi connectivity index (χ2v) is 6.60. The van der Waals surface area contributed by atoms with Crippen molar-refractivity contribution in [1.29, 1.82) is 0 Å². The van der Waals surface area contributed by atoms with Gasteiger partial charge in [-0.15, -0.1) is 0 Å². The molecule has 0 aliphatic rings. The molecule has 0 aliphatic carbocycles. The summed E-state index contributed by atoms with van der Waals surface area (Å²) in [4.78, 5) is 13.5. The largest absolute Gasteiger partial charge is 0.345 e. The molecule has 0 aliphatic heterocycles. The molecule has 18 heavy (non-hydrogen) atoms. The molecule has 0 aromatic rings. The van der Waals surface area contributed by atoms with Crippen LogP contribution in [-0.2, 0) is 14.8 Å². The third-order valence-electron chi connectivity index (χ3n) is 2.81. The number of hydrogen-bond donors (Lipinski definition) is 0. The minimum Gasteiger partial charge on any atom is -0.345 e. The molecule has 6 heteroatoms. The van der Waals surface area contributed by atoms with E-state index in [1.807, 2.05) is 6.92 Å². The Bertz CT molecular complexity index is 341. The lowest BCUT2D eigenvalue weighted by Gasteiger charge is -2.23. The molecule has 108 valence electrons. The number of carbonyl (C=O) groups is 1. The number of hydrogen-bond acceptors (Lipinski definition) is 3. The van der Waals surface area contributed by atoms with Crippen LogP contribution in [-0.4, -0.2) is 56.5 Å². The number of nitrogens with zero attached hydrogens (tertiary/aromatic N) is 2. The smallest absolute Gasteiger partial charge is 0.237 e. The van der Waals surface area contributed by atoms with Crippen LogP contribution in [0.25, 0.3) is 0 Å². The van der Waals surface area contributed by atoms with Crippen molar-refractivity contribution in [2.75, 3.05) is 32.9 Å². The fourth-order valence-corrected chi connectivity index (χ4v) is 2.29. The van der Waals surface area contributed by atoms with Gasteiger partial charge in [0.25, 0.3) is 0 Å². The van der Waals surface area contributed by atoms with E-state index in [-0.39, 0.29) is 12.5 Å². The maximum absolute atomic E-state index is 11.9. The van der Waals surface area contributed by atoms with E-state index in [1.165, 1.54) is 4.31 Å². The van der Waals surface area contributed by atoms with Gasteiger partial charge in [-0.3, -0.25) is 4.79 Å². The fourth-order valence-electron chi connectivity index (χ4n) is 1.49. The maximum atomic E-state index is 11.9. The lowest BCUT2D eigenvalue weighted by Crippen LogP contribution is -2.41. The van der Waals surface area contributed by atoms with Gasteiger partial charge in [-0.1, -0.05) is 26.7 Å². The molecule has 0 fully saturated rings. The normalized spacial score (nSPS) is 11.8. The predicted octanol–water partition coefficient (Wildman–Crippen LogP) is 1.31. The van der Waals surface area contributed by atoms with E-state index in [4.69, 9.17) is 0 Å². The summed E-state index contributed by atoms with van der Waals surface area (Å²) in [5.74, 6) is -0.134. The third-order valence-corrected chi connectivity index (χ3v) is 4.06. The molecule has 0 radical (unpaired) electrons. The first-order valence-electron chi connectivity index (χ1n) is 6.52. The van der Waals surface area contributed by atoms with Gasteiger partial charge in [-0.25, -0.2) is 8.42 Å². The van der Waals surface area contributed by atoms with Gasteiger partial charge in [0.1, 0.15) is 0 Å². The van der Waals surface area contributed by atoms with Crippen LogP contribution in [0.1, 0.15) is 39.5 Å². The van der Waals surface area contributed by atoms with Crippen LogP contribution < -0.4 is 0 Å². The van der Waals surface area contributed by atoms with Gasteiger partial charge in [0, 0.05) is 20.1 Å². The van der Waals surface area contributed by atoms with Crippen molar-refractivity contribution in [3.63, 3.8) is 0 Å². The van der Waals surface area contributed by atoms with E-state index >= 15 is 0 Å². The van der Waals surface area contributed by atoms with E-state index in [9.17, 15) is 13.2 Å².